The molecule has 2 fully saturated rings. The summed E-state index contributed by atoms with van der Waals surface area (Å²) in [6.45, 7) is 1.45. The van der Waals surface area contributed by atoms with Gasteiger partial charge in [0, 0.05) is 19.0 Å². The molecule has 1 N–H and O–H groups in total. The number of methoxy groups -OCH3 is 2. The second kappa shape index (κ2) is 10.00. The van der Waals surface area contributed by atoms with Crippen LogP contribution in [0.25, 0.3) is 0 Å². The largest absolute Gasteiger partial charge is 0.465 e. The molecule has 8 nitrogen and oxygen atoms in total. The number of esters is 2. The third-order valence-electron chi connectivity index (χ3n) is 6.11. The maximum Gasteiger partial charge on any atom is 0.344 e. The van der Waals surface area contributed by atoms with Crippen LogP contribution in [-0.2, 0) is 14.3 Å². The van der Waals surface area contributed by atoms with Gasteiger partial charge in [-0.1, -0.05) is 38.5 Å². The molecule has 30 heavy (non-hydrogen) atoms. The van der Waals surface area contributed by atoms with E-state index in [2.05, 4.69) is 5.32 Å². The minimum atomic E-state index is -0.729. The molecule has 0 aromatic carbocycles. The fourth-order valence-corrected chi connectivity index (χ4v) is 4.62. The second-order valence-electron chi connectivity index (χ2n) is 8.13. The molecule has 1 aromatic rings. The number of ether oxygens (including phenoxy) is 2. The van der Waals surface area contributed by atoms with Crippen molar-refractivity contribution in [1.29, 1.82) is 0 Å². The van der Waals surface area contributed by atoms with E-state index in [1.807, 2.05) is 0 Å². The molecule has 0 saturated heterocycles. The van der Waals surface area contributed by atoms with E-state index in [0.29, 0.717) is 0 Å². The van der Waals surface area contributed by atoms with E-state index in [9.17, 15) is 14.4 Å². The van der Waals surface area contributed by atoms with Crippen LogP contribution in [0.4, 0.5) is 11.8 Å². The maximum atomic E-state index is 12.7. The summed E-state index contributed by atoms with van der Waals surface area (Å²) in [6, 6.07) is 0.0472. The highest BCUT2D eigenvalue weighted by Crippen LogP contribution is 2.39. The van der Waals surface area contributed by atoms with Crippen molar-refractivity contribution in [3.63, 3.8) is 0 Å². The van der Waals surface area contributed by atoms with Gasteiger partial charge in [-0.25, -0.2) is 9.59 Å². The molecule has 1 heterocycles. The minimum absolute atomic E-state index is 0.00742. The maximum absolute atomic E-state index is 12.7. The average Bonchev–Trinajstić information content (AvgIpc) is 3.12. The van der Waals surface area contributed by atoms with Crippen LogP contribution in [0.2, 0.25) is 0 Å². The van der Waals surface area contributed by atoms with Gasteiger partial charge in [0.2, 0.25) is 17.7 Å². The molecular formula is C22H32N2O6. The lowest BCUT2D eigenvalue weighted by molar-refractivity contribution is -0.117. The Bertz CT molecular complexity index is 775. The van der Waals surface area contributed by atoms with Gasteiger partial charge < -0.3 is 19.2 Å². The zero-order valence-corrected chi connectivity index (χ0v) is 18.1. The van der Waals surface area contributed by atoms with Crippen molar-refractivity contribution in [1.82, 2.24) is 0 Å². The van der Waals surface area contributed by atoms with Gasteiger partial charge in [0.25, 0.3) is 0 Å². The molecule has 0 aliphatic heterocycles. The number of furan rings is 1. The summed E-state index contributed by atoms with van der Waals surface area (Å²) >= 11 is 0. The van der Waals surface area contributed by atoms with Crippen LogP contribution in [0.3, 0.4) is 0 Å². The molecule has 2 aliphatic carbocycles. The highest BCUT2D eigenvalue weighted by molar-refractivity contribution is 6.11. The van der Waals surface area contributed by atoms with Gasteiger partial charge in [-0.3, -0.25) is 9.69 Å². The Morgan fingerprint density at radius 3 is 1.93 bits per heavy atom. The first-order valence-electron chi connectivity index (χ1n) is 10.9. The Labute approximate surface area is 177 Å². The summed E-state index contributed by atoms with van der Waals surface area (Å²) in [7, 11) is 2.50. The van der Waals surface area contributed by atoms with Crippen molar-refractivity contribution in [2.45, 2.75) is 83.2 Å². The van der Waals surface area contributed by atoms with E-state index < -0.39 is 11.9 Å². The molecule has 1 aromatic heterocycles. The summed E-state index contributed by atoms with van der Waals surface area (Å²) in [6.07, 6.45) is 10.0. The number of nitrogens with one attached hydrogen (secondary N) is 1. The number of anilines is 2. The SMILES string of the molecule is COC(=O)c1c(NC2CCCCC2)oc(N(C(C)=O)C2CCCCC2)c1C(=O)OC. The van der Waals surface area contributed by atoms with Crippen LogP contribution >= 0.6 is 0 Å². The second-order valence-corrected chi connectivity index (χ2v) is 8.13. The topological polar surface area (TPSA) is 98.1 Å². The number of carbonyl (C=O) groups is 3. The first-order chi connectivity index (χ1) is 14.5. The van der Waals surface area contributed by atoms with Crippen molar-refractivity contribution >= 4 is 29.6 Å². The smallest absolute Gasteiger partial charge is 0.344 e. The molecule has 0 radical (unpaired) electrons. The van der Waals surface area contributed by atoms with Gasteiger partial charge in [0.05, 0.1) is 14.2 Å². The number of carbonyl (C=O) groups excluding carboxylic acids is 3. The fourth-order valence-electron chi connectivity index (χ4n) is 4.62. The van der Waals surface area contributed by atoms with E-state index in [1.54, 1.807) is 0 Å². The number of hydrogen-bond acceptors (Lipinski definition) is 7. The minimum Gasteiger partial charge on any atom is -0.465 e. The number of rotatable bonds is 6. The van der Waals surface area contributed by atoms with E-state index in [-0.39, 0.29) is 40.9 Å². The van der Waals surface area contributed by atoms with Gasteiger partial charge in [-0.05, 0) is 25.7 Å². The monoisotopic (exact) mass is 420 g/mol. The van der Waals surface area contributed by atoms with Crippen LogP contribution in [-0.4, -0.2) is 44.1 Å². The Morgan fingerprint density at radius 2 is 1.40 bits per heavy atom. The Hall–Kier alpha value is -2.51. The first kappa shape index (κ1) is 22.2. The molecule has 166 valence electrons. The number of amides is 1. The molecule has 0 atom stereocenters. The summed E-state index contributed by atoms with van der Waals surface area (Å²) in [4.78, 5) is 39.6. The molecule has 2 aliphatic rings. The highest BCUT2D eigenvalue weighted by atomic mass is 16.5. The van der Waals surface area contributed by atoms with E-state index in [4.69, 9.17) is 13.9 Å². The Kier molecular flexibility index (Phi) is 7.39. The molecule has 2 saturated carbocycles. The van der Waals surface area contributed by atoms with Crippen molar-refractivity contribution in [3.8, 4) is 0 Å². The number of hydrogen-bond donors (Lipinski definition) is 1. The third-order valence-corrected chi connectivity index (χ3v) is 6.11. The zero-order chi connectivity index (χ0) is 21.7. The quantitative estimate of drug-likeness (QED) is 0.686. The van der Waals surface area contributed by atoms with Crippen molar-refractivity contribution in [2.24, 2.45) is 0 Å². The summed E-state index contributed by atoms with van der Waals surface area (Å²) in [5.74, 6) is -1.42. The molecule has 0 unspecified atom stereocenters. The molecular weight excluding hydrogens is 388 g/mol. The highest BCUT2D eigenvalue weighted by Gasteiger charge is 2.38. The van der Waals surface area contributed by atoms with E-state index >= 15 is 0 Å². The van der Waals surface area contributed by atoms with Crippen LogP contribution in [0.1, 0.15) is 91.8 Å². The normalized spacial score (nSPS) is 18.0. The third kappa shape index (κ3) is 4.63. The van der Waals surface area contributed by atoms with Crippen molar-refractivity contribution in [2.75, 3.05) is 24.4 Å². The fraction of sp³-hybridized carbons (Fsp3) is 0.682. The lowest BCUT2D eigenvalue weighted by Crippen LogP contribution is -2.41. The standard InChI is InChI=1S/C22H32N2O6/c1-14(25)24(16-12-8-5-9-13-16)20-18(22(27)29-3)17(21(26)28-2)19(30-20)23-15-10-6-4-7-11-15/h15-16,23H,4-13H2,1-3H3. The first-order valence-corrected chi connectivity index (χ1v) is 10.9. The lowest BCUT2D eigenvalue weighted by Gasteiger charge is -2.32. The Balaban J connectivity index is 2.10. The number of nitrogens with zero attached hydrogens (tertiary/aromatic N) is 1. The van der Waals surface area contributed by atoms with Gasteiger partial charge in [-0.15, -0.1) is 0 Å². The lowest BCUT2D eigenvalue weighted by atomic mass is 9.94. The summed E-state index contributed by atoms with van der Waals surface area (Å²) in [5, 5.41) is 3.29. The Morgan fingerprint density at radius 1 is 0.867 bits per heavy atom. The van der Waals surface area contributed by atoms with Gasteiger partial charge in [0.1, 0.15) is 11.1 Å². The molecule has 0 bridgehead atoms. The predicted octanol–water partition coefficient (Wildman–Crippen LogP) is 4.28. The average molecular weight is 421 g/mol. The summed E-state index contributed by atoms with van der Waals surface area (Å²) in [5.41, 5.74) is -0.0598. The molecule has 8 heteroatoms. The molecule has 3 rings (SSSR count). The zero-order valence-electron chi connectivity index (χ0n) is 18.1. The van der Waals surface area contributed by atoms with E-state index in [0.717, 1.165) is 57.8 Å². The van der Waals surface area contributed by atoms with Crippen molar-refractivity contribution in [3.05, 3.63) is 11.1 Å². The van der Waals surface area contributed by atoms with Gasteiger partial charge in [-0.2, -0.15) is 0 Å². The van der Waals surface area contributed by atoms with Gasteiger partial charge in [0.15, 0.2) is 0 Å². The van der Waals surface area contributed by atoms with Crippen LogP contribution in [0.5, 0.6) is 0 Å². The van der Waals surface area contributed by atoms with Crippen LogP contribution in [0.15, 0.2) is 4.42 Å². The predicted molar refractivity (Wildman–Crippen MR) is 112 cm³/mol. The van der Waals surface area contributed by atoms with Crippen LogP contribution < -0.4 is 10.2 Å². The van der Waals surface area contributed by atoms with Crippen LogP contribution in [0, 0.1) is 0 Å². The molecule has 0 spiro atoms. The van der Waals surface area contributed by atoms with Gasteiger partial charge >= 0.3 is 11.9 Å². The summed E-state index contributed by atoms with van der Waals surface area (Å²) < 4.78 is 16.0. The molecule has 1 amide bonds. The van der Waals surface area contributed by atoms with Crippen molar-refractivity contribution < 1.29 is 28.3 Å². The van der Waals surface area contributed by atoms with E-state index in [1.165, 1.54) is 32.5 Å².